The minimum atomic E-state index is -3.63. The first-order valence-corrected chi connectivity index (χ1v) is 8.34. The Labute approximate surface area is 131 Å². The summed E-state index contributed by atoms with van der Waals surface area (Å²) in [5.74, 6) is 0. The van der Waals surface area contributed by atoms with Gasteiger partial charge in [0.2, 0.25) is 0 Å². The van der Waals surface area contributed by atoms with Crippen molar-refractivity contribution in [3.8, 4) is 6.07 Å². The van der Waals surface area contributed by atoms with Gasteiger partial charge in [-0.25, -0.2) is 8.42 Å². The average molecular weight is 314 g/mol. The molecule has 4 nitrogen and oxygen atoms in total. The lowest BCUT2D eigenvalue weighted by Gasteiger charge is -2.19. The third-order valence-electron chi connectivity index (χ3n) is 3.30. The van der Waals surface area contributed by atoms with Gasteiger partial charge in [-0.1, -0.05) is 32.9 Å². The minimum absolute atomic E-state index is 0.0250. The van der Waals surface area contributed by atoms with E-state index >= 15 is 0 Å². The second kappa shape index (κ2) is 5.82. The van der Waals surface area contributed by atoms with Crippen molar-refractivity contribution in [3.05, 3.63) is 59.7 Å². The predicted molar refractivity (Wildman–Crippen MR) is 87.1 cm³/mol. The van der Waals surface area contributed by atoms with Crippen molar-refractivity contribution in [1.29, 1.82) is 5.26 Å². The standard InChI is InChI=1S/C17H18N2O2S/c1-17(2,3)14-6-10-16(11-7-14)22(20,21)19-15-8-4-13(12-18)5-9-15/h4-11,19H,1-3H3. The molecule has 0 fully saturated rings. The van der Waals surface area contributed by atoms with E-state index in [1.54, 1.807) is 36.4 Å². The van der Waals surface area contributed by atoms with Gasteiger partial charge in [0, 0.05) is 5.69 Å². The fraction of sp³-hybridized carbons (Fsp3) is 0.235. The van der Waals surface area contributed by atoms with Gasteiger partial charge in [0.1, 0.15) is 0 Å². The monoisotopic (exact) mass is 314 g/mol. The zero-order valence-corrected chi connectivity index (χ0v) is 13.6. The second-order valence-electron chi connectivity index (χ2n) is 6.07. The number of nitriles is 1. The van der Waals surface area contributed by atoms with E-state index in [9.17, 15) is 8.42 Å². The number of hydrogen-bond donors (Lipinski definition) is 1. The van der Waals surface area contributed by atoms with Crippen LogP contribution in [0.5, 0.6) is 0 Å². The highest BCUT2D eigenvalue weighted by Gasteiger charge is 2.17. The molecule has 0 bridgehead atoms. The summed E-state index contributed by atoms with van der Waals surface area (Å²) in [6.45, 7) is 6.22. The third-order valence-corrected chi connectivity index (χ3v) is 4.69. The number of rotatable bonds is 3. The van der Waals surface area contributed by atoms with Crippen LogP contribution in [0, 0.1) is 11.3 Å². The normalized spacial score (nSPS) is 11.7. The maximum absolute atomic E-state index is 12.3. The molecule has 0 atom stereocenters. The van der Waals surface area contributed by atoms with Crippen LogP contribution < -0.4 is 4.72 Å². The summed E-state index contributed by atoms with van der Waals surface area (Å²) in [7, 11) is -3.63. The Morgan fingerprint density at radius 2 is 1.50 bits per heavy atom. The molecule has 0 aliphatic heterocycles. The maximum Gasteiger partial charge on any atom is 0.261 e. The van der Waals surface area contributed by atoms with Crippen LogP contribution in [-0.2, 0) is 15.4 Å². The molecule has 0 heterocycles. The van der Waals surface area contributed by atoms with E-state index in [4.69, 9.17) is 5.26 Å². The summed E-state index contributed by atoms with van der Waals surface area (Å²) < 4.78 is 27.2. The van der Waals surface area contributed by atoms with E-state index in [1.807, 2.05) is 18.2 Å². The summed E-state index contributed by atoms with van der Waals surface area (Å²) >= 11 is 0. The summed E-state index contributed by atoms with van der Waals surface area (Å²) in [6, 6.07) is 15.1. The molecule has 2 aromatic carbocycles. The molecule has 0 unspecified atom stereocenters. The van der Waals surface area contributed by atoms with Crippen LogP contribution in [0.25, 0.3) is 0 Å². The molecule has 0 aromatic heterocycles. The van der Waals surface area contributed by atoms with Gasteiger partial charge in [0.15, 0.2) is 0 Å². The third kappa shape index (κ3) is 3.66. The van der Waals surface area contributed by atoms with Gasteiger partial charge in [0.25, 0.3) is 10.0 Å². The Hall–Kier alpha value is -2.32. The van der Waals surface area contributed by atoms with E-state index in [-0.39, 0.29) is 10.3 Å². The average Bonchev–Trinajstić information content (AvgIpc) is 2.47. The van der Waals surface area contributed by atoms with Crippen LogP contribution in [-0.4, -0.2) is 8.42 Å². The van der Waals surface area contributed by atoms with Gasteiger partial charge in [0.05, 0.1) is 16.5 Å². The van der Waals surface area contributed by atoms with Gasteiger partial charge in [-0.15, -0.1) is 0 Å². The van der Waals surface area contributed by atoms with Crippen molar-refractivity contribution >= 4 is 15.7 Å². The highest BCUT2D eigenvalue weighted by Crippen LogP contribution is 2.24. The van der Waals surface area contributed by atoms with Crippen molar-refractivity contribution in [2.75, 3.05) is 4.72 Å². The number of sulfonamides is 1. The lowest BCUT2D eigenvalue weighted by Crippen LogP contribution is -2.14. The largest absolute Gasteiger partial charge is 0.280 e. The maximum atomic E-state index is 12.3. The highest BCUT2D eigenvalue weighted by molar-refractivity contribution is 7.92. The van der Waals surface area contributed by atoms with Gasteiger partial charge < -0.3 is 0 Å². The zero-order chi connectivity index (χ0) is 16.4. The molecule has 5 heteroatoms. The van der Waals surface area contributed by atoms with E-state index < -0.39 is 10.0 Å². The summed E-state index contributed by atoms with van der Waals surface area (Å²) in [5, 5.41) is 8.74. The smallest absolute Gasteiger partial charge is 0.261 e. The highest BCUT2D eigenvalue weighted by atomic mass is 32.2. The number of anilines is 1. The van der Waals surface area contributed by atoms with Crippen molar-refractivity contribution in [3.63, 3.8) is 0 Å². The Morgan fingerprint density at radius 3 is 1.95 bits per heavy atom. The lowest BCUT2D eigenvalue weighted by molar-refractivity contribution is 0.587. The molecule has 0 spiro atoms. The van der Waals surface area contributed by atoms with Crippen molar-refractivity contribution in [1.82, 2.24) is 0 Å². The molecular weight excluding hydrogens is 296 g/mol. The van der Waals surface area contributed by atoms with Crippen molar-refractivity contribution in [2.45, 2.75) is 31.1 Å². The minimum Gasteiger partial charge on any atom is -0.280 e. The van der Waals surface area contributed by atoms with E-state index in [0.717, 1.165) is 5.56 Å². The SMILES string of the molecule is CC(C)(C)c1ccc(S(=O)(=O)Nc2ccc(C#N)cc2)cc1. The fourth-order valence-electron chi connectivity index (χ4n) is 1.96. The van der Waals surface area contributed by atoms with Crippen LogP contribution >= 0.6 is 0 Å². The molecule has 0 saturated carbocycles. The van der Waals surface area contributed by atoms with E-state index in [2.05, 4.69) is 25.5 Å². The molecule has 114 valence electrons. The molecule has 2 aromatic rings. The number of benzene rings is 2. The van der Waals surface area contributed by atoms with Crippen LogP contribution in [0.3, 0.4) is 0 Å². The summed E-state index contributed by atoms with van der Waals surface area (Å²) in [5.41, 5.74) is 1.96. The van der Waals surface area contributed by atoms with Crippen molar-refractivity contribution in [2.24, 2.45) is 0 Å². The van der Waals surface area contributed by atoms with Gasteiger partial charge >= 0.3 is 0 Å². The molecular formula is C17H18N2O2S. The summed E-state index contributed by atoms with van der Waals surface area (Å²) in [6.07, 6.45) is 0. The van der Waals surface area contributed by atoms with Crippen LogP contribution in [0.15, 0.2) is 53.4 Å². The van der Waals surface area contributed by atoms with Crippen LogP contribution in [0.1, 0.15) is 31.9 Å². The Bertz CT molecular complexity index is 794. The van der Waals surface area contributed by atoms with Gasteiger partial charge in [-0.05, 0) is 47.4 Å². The molecule has 0 saturated heterocycles. The van der Waals surface area contributed by atoms with Crippen LogP contribution in [0.2, 0.25) is 0 Å². The fourth-order valence-corrected chi connectivity index (χ4v) is 3.02. The quantitative estimate of drug-likeness (QED) is 0.940. The number of nitrogens with zero attached hydrogens (tertiary/aromatic N) is 1. The lowest BCUT2D eigenvalue weighted by atomic mass is 9.87. The first kappa shape index (κ1) is 16.1. The topological polar surface area (TPSA) is 70.0 Å². The molecule has 22 heavy (non-hydrogen) atoms. The molecule has 0 radical (unpaired) electrons. The molecule has 1 N–H and O–H groups in total. The summed E-state index contributed by atoms with van der Waals surface area (Å²) in [4.78, 5) is 0.213. The van der Waals surface area contributed by atoms with Crippen LogP contribution in [0.4, 0.5) is 5.69 Å². The Kier molecular flexibility index (Phi) is 4.25. The van der Waals surface area contributed by atoms with E-state index in [0.29, 0.717) is 11.3 Å². The predicted octanol–water partition coefficient (Wildman–Crippen LogP) is 3.66. The molecule has 0 amide bonds. The molecule has 0 aliphatic carbocycles. The number of nitrogens with one attached hydrogen (secondary N) is 1. The molecule has 0 aliphatic rings. The zero-order valence-electron chi connectivity index (χ0n) is 12.8. The van der Waals surface area contributed by atoms with Crippen molar-refractivity contribution < 1.29 is 8.42 Å². The Balaban J connectivity index is 2.24. The first-order valence-electron chi connectivity index (χ1n) is 6.86. The first-order chi connectivity index (χ1) is 10.2. The van der Waals surface area contributed by atoms with Gasteiger partial charge in [-0.3, -0.25) is 4.72 Å². The van der Waals surface area contributed by atoms with E-state index in [1.165, 1.54) is 0 Å². The second-order valence-corrected chi connectivity index (χ2v) is 7.75. The number of hydrogen-bond acceptors (Lipinski definition) is 3. The molecule has 2 rings (SSSR count). The Morgan fingerprint density at radius 1 is 0.955 bits per heavy atom. The van der Waals surface area contributed by atoms with Gasteiger partial charge in [-0.2, -0.15) is 5.26 Å².